The highest BCUT2D eigenvalue weighted by Gasteiger charge is 2.31. The molecule has 1 atom stereocenters. The predicted molar refractivity (Wildman–Crippen MR) is 148 cm³/mol. The maximum atomic E-state index is 13.6. The fraction of sp³-hybridized carbons (Fsp3) is 0.310. The van der Waals surface area contributed by atoms with E-state index in [-0.39, 0.29) is 30.9 Å². The monoisotopic (exact) mass is 570 g/mol. The Morgan fingerprint density at radius 2 is 1.72 bits per heavy atom. The lowest BCUT2D eigenvalue weighted by molar-refractivity contribution is -0.142. The number of hydrogen-bond acceptors (Lipinski definition) is 3. The molecule has 3 aromatic rings. The van der Waals surface area contributed by atoms with Crippen LogP contribution in [0.1, 0.15) is 30.5 Å². The standard InChI is InChI=1S/C29H32BrClN2O3/c1-20(2)17-32-29(35)26(15-22-9-5-4-6-10-22)33(18-23-11-7-8-21(3)14-23)28(34)19-36-27-13-12-24(30)16-25(27)31/h4-14,16,20,26H,15,17-19H2,1-3H3,(H,32,35). The molecule has 0 aliphatic carbocycles. The maximum Gasteiger partial charge on any atom is 0.261 e. The largest absolute Gasteiger partial charge is 0.482 e. The molecule has 0 saturated heterocycles. The number of amides is 2. The third kappa shape index (κ3) is 8.38. The lowest BCUT2D eigenvalue weighted by Crippen LogP contribution is -2.52. The number of hydrogen-bond donors (Lipinski definition) is 1. The van der Waals surface area contributed by atoms with Gasteiger partial charge in [-0.15, -0.1) is 0 Å². The summed E-state index contributed by atoms with van der Waals surface area (Å²) >= 11 is 9.66. The molecule has 0 radical (unpaired) electrons. The van der Waals surface area contributed by atoms with Gasteiger partial charge in [-0.05, 0) is 42.2 Å². The van der Waals surface area contributed by atoms with E-state index in [2.05, 4.69) is 21.2 Å². The zero-order valence-corrected chi connectivity index (χ0v) is 23.2. The van der Waals surface area contributed by atoms with Crippen molar-refractivity contribution < 1.29 is 14.3 Å². The van der Waals surface area contributed by atoms with E-state index < -0.39 is 6.04 Å². The molecule has 1 unspecified atom stereocenters. The first-order chi connectivity index (χ1) is 17.2. The van der Waals surface area contributed by atoms with Crippen molar-refractivity contribution in [3.05, 3.63) is 99.0 Å². The molecule has 0 aromatic heterocycles. The molecule has 36 heavy (non-hydrogen) atoms. The van der Waals surface area contributed by atoms with Crippen LogP contribution in [-0.4, -0.2) is 35.9 Å². The summed E-state index contributed by atoms with van der Waals surface area (Å²) in [6, 6.07) is 22.2. The van der Waals surface area contributed by atoms with Gasteiger partial charge in [-0.25, -0.2) is 0 Å². The molecule has 0 spiro atoms. The number of halogens is 2. The van der Waals surface area contributed by atoms with Gasteiger partial charge in [0.05, 0.1) is 5.02 Å². The van der Waals surface area contributed by atoms with Crippen molar-refractivity contribution in [2.24, 2.45) is 5.92 Å². The van der Waals surface area contributed by atoms with Gasteiger partial charge in [0.1, 0.15) is 11.8 Å². The van der Waals surface area contributed by atoms with Gasteiger partial charge in [-0.2, -0.15) is 0 Å². The van der Waals surface area contributed by atoms with Crippen molar-refractivity contribution >= 4 is 39.3 Å². The number of aryl methyl sites for hydroxylation is 1. The zero-order valence-electron chi connectivity index (χ0n) is 20.8. The van der Waals surface area contributed by atoms with Crippen molar-refractivity contribution in [2.45, 2.75) is 39.8 Å². The summed E-state index contributed by atoms with van der Waals surface area (Å²) in [5, 5.41) is 3.42. The first-order valence-corrected chi connectivity index (χ1v) is 13.1. The second-order valence-corrected chi connectivity index (χ2v) is 10.5. The molecule has 7 heteroatoms. The average Bonchev–Trinajstić information content (AvgIpc) is 2.84. The Hall–Kier alpha value is -2.83. The van der Waals surface area contributed by atoms with E-state index in [4.69, 9.17) is 16.3 Å². The minimum Gasteiger partial charge on any atom is -0.482 e. The Morgan fingerprint density at radius 3 is 2.39 bits per heavy atom. The van der Waals surface area contributed by atoms with Crippen LogP contribution in [0.25, 0.3) is 0 Å². The molecule has 1 N–H and O–H groups in total. The van der Waals surface area contributed by atoms with Crippen LogP contribution in [0.2, 0.25) is 5.02 Å². The van der Waals surface area contributed by atoms with E-state index in [0.717, 1.165) is 21.2 Å². The summed E-state index contributed by atoms with van der Waals surface area (Å²) < 4.78 is 6.62. The highest BCUT2D eigenvalue weighted by Crippen LogP contribution is 2.28. The molecule has 2 amide bonds. The summed E-state index contributed by atoms with van der Waals surface area (Å²) in [5.74, 6) is 0.217. The van der Waals surface area contributed by atoms with E-state index in [1.807, 2.05) is 75.4 Å². The number of benzene rings is 3. The Balaban J connectivity index is 1.91. The predicted octanol–water partition coefficient (Wildman–Crippen LogP) is 6.20. The maximum absolute atomic E-state index is 13.6. The van der Waals surface area contributed by atoms with Gasteiger partial charge in [0, 0.05) is 24.0 Å². The van der Waals surface area contributed by atoms with Crippen molar-refractivity contribution in [3.63, 3.8) is 0 Å². The summed E-state index contributed by atoms with van der Waals surface area (Å²) in [7, 11) is 0. The summed E-state index contributed by atoms with van der Waals surface area (Å²) in [4.78, 5) is 28.7. The lowest BCUT2D eigenvalue weighted by Gasteiger charge is -2.32. The molecule has 0 fully saturated rings. The van der Waals surface area contributed by atoms with Crippen LogP contribution in [0, 0.1) is 12.8 Å². The Bertz CT molecular complexity index is 1170. The smallest absolute Gasteiger partial charge is 0.261 e. The van der Waals surface area contributed by atoms with Gasteiger partial charge < -0.3 is 15.0 Å². The molecule has 190 valence electrons. The number of nitrogens with one attached hydrogen (secondary N) is 1. The third-order valence-electron chi connectivity index (χ3n) is 5.64. The quantitative estimate of drug-likeness (QED) is 0.298. The van der Waals surface area contributed by atoms with Gasteiger partial charge >= 0.3 is 0 Å². The summed E-state index contributed by atoms with van der Waals surface area (Å²) in [5.41, 5.74) is 3.00. The van der Waals surface area contributed by atoms with E-state index in [0.29, 0.717) is 23.7 Å². The van der Waals surface area contributed by atoms with Crippen molar-refractivity contribution in [2.75, 3.05) is 13.2 Å². The van der Waals surface area contributed by atoms with Crippen LogP contribution in [0.15, 0.2) is 77.3 Å². The number of carbonyl (C=O) groups is 2. The van der Waals surface area contributed by atoms with Crippen molar-refractivity contribution in [3.8, 4) is 5.75 Å². The van der Waals surface area contributed by atoms with E-state index in [1.54, 1.807) is 23.1 Å². The van der Waals surface area contributed by atoms with Crippen LogP contribution >= 0.6 is 27.5 Å². The number of nitrogens with zero attached hydrogens (tertiary/aromatic N) is 1. The van der Waals surface area contributed by atoms with Crippen LogP contribution in [0.5, 0.6) is 5.75 Å². The lowest BCUT2D eigenvalue weighted by atomic mass is 10.0. The number of ether oxygens (including phenoxy) is 1. The first-order valence-electron chi connectivity index (χ1n) is 12.0. The fourth-order valence-electron chi connectivity index (χ4n) is 3.80. The molecule has 5 nitrogen and oxygen atoms in total. The van der Waals surface area contributed by atoms with Gasteiger partial charge in [0.2, 0.25) is 5.91 Å². The Morgan fingerprint density at radius 1 is 1.00 bits per heavy atom. The molecular formula is C29H32BrClN2O3. The van der Waals surface area contributed by atoms with Gasteiger partial charge in [0.25, 0.3) is 5.91 Å². The number of carbonyl (C=O) groups excluding carboxylic acids is 2. The fourth-order valence-corrected chi connectivity index (χ4v) is 4.53. The normalized spacial score (nSPS) is 11.7. The van der Waals surface area contributed by atoms with Crippen LogP contribution in [0.3, 0.4) is 0 Å². The van der Waals surface area contributed by atoms with Gasteiger partial charge in [-0.3, -0.25) is 9.59 Å². The minimum atomic E-state index is -0.705. The molecule has 3 aromatic carbocycles. The molecule has 0 heterocycles. The molecule has 0 saturated carbocycles. The van der Waals surface area contributed by atoms with Gasteiger partial charge in [-0.1, -0.05) is 102 Å². The Kier molecular flexibility index (Phi) is 10.4. The molecule has 3 rings (SSSR count). The van der Waals surface area contributed by atoms with E-state index in [9.17, 15) is 9.59 Å². The van der Waals surface area contributed by atoms with Crippen LogP contribution < -0.4 is 10.1 Å². The molecular weight excluding hydrogens is 540 g/mol. The molecule has 0 bridgehead atoms. The van der Waals surface area contributed by atoms with Crippen molar-refractivity contribution in [1.29, 1.82) is 0 Å². The molecule has 0 aliphatic rings. The first kappa shape index (κ1) is 27.8. The van der Waals surface area contributed by atoms with Gasteiger partial charge in [0.15, 0.2) is 6.61 Å². The van der Waals surface area contributed by atoms with Crippen LogP contribution in [-0.2, 0) is 22.6 Å². The summed E-state index contributed by atoms with van der Waals surface area (Å²) in [6.45, 7) is 6.66. The SMILES string of the molecule is Cc1cccc(CN(C(=O)COc2ccc(Br)cc2Cl)C(Cc2ccccc2)C(=O)NCC(C)C)c1. The zero-order chi connectivity index (χ0) is 26.1. The second kappa shape index (κ2) is 13.5. The van der Waals surface area contributed by atoms with E-state index in [1.165, 1.54) is 0 Å². The summed E-state index contributed by atoms with van der Waals surface area (Å²) in [6.07, 6.45) is 0.390. The third-order valence-corrected chi connectivity index (χ3v) is 6.42. The highest BCUT2D eigenvalue weighted by molar-refractivity contribution is 9.10. The highest BCUT2D eigenvalue weighted by atomic mass is 79.9. The van der Waals surface area contributed by atoms with E-state index >= 15 is 0 Å². The second-order valence-electron chi connectivity index (χ2n) is 9.22. The average molecular weight is 572 g/mol. The topological polar surface area (TPSA) is 58.6 Å². The van der Waals surface area contributed by atoms with Crippen molar-refractivity contribution in [1.82, 2.24) is 10.2 Å². The molecule has 0 aliphatic heterocycles. The minimum absolute atomic E-state index is 0.185. The van der Waals surface area contributed by atoms with Crippen LogP contribution in [0.4, 0.5) is 0 Å². The Labute approximate surface area is 226 Å². The number of rotatable bonds is 11.